The van der Waals surface area contributed by atoms with Crippen LogP contribution in [0.15, 0.2) is 30.0 Å². The van der Waals surface area contributed by atoms with Crippen LogP contribution in [-0.4, -0.2) is 35.6 Å². The van der Waals surface area contributed by atoms with Gasteiger partial charge in [0.05, 0.1) is 0 Å². The van der Waals surface area contributed by atoms with E-state index in [0.717, 1.165) is 49.7 Å². The molecule has 2 unspecified atom stereocenters. The molecular formula is C18H28N6. The number of piperazine rings is 1. The molecule has 6 nitrogen and oxygen atoms in total. The smallest absolute Gasteiger partial charge is 0.155 e. The van der Waals surface area contributed by atoms with E-state index < -0.39 is 5.54 Å². The average Bonchev–Trinajstić information content (AvgIpc) is 2.55. The minimum absolute atomic E-state index is 0.400. The fourth-order valence-electron chi connectivity index (χ4n) is 3.36. The van der Waals surface area contributed by atoms with E-state index >= 15 is 0 Å². The summed E-state index contributed by atoms with van der Waals surface area (Å²) in [5.74, 6) is 1.64. The molecular weight excluding hydrogens is 300 g/mol. The number of nitrogens with two attached hydrogens (primary N) is 2. The Kier molecular flexibility index (Phi) is 4.87. The van der Waals surface area contributed by atoms with E-state index in [1.165, 1.54) is 0 Å². The second-order valence-corrected chi connectivity index (χ2v) is 6.86. The molecule has 130 valence electrons. The maximum Gasteiger partial charge on any atom is 0.155 e. The Hall–Kier alpha value is -1.92. The minimum atomic E-state index is -0.728. The van der Waals surface area contributed by atoms with Crippen molar-refractivity contribution in [3.63, 3.8) is 0 Å². The third kappa shape index (κ3) is 3.44. The van der Waals surface area contributed by atoms with Crippen LogP contribution >= 0.6 is 0 Å². The lowest BCUT2D eigenvalue weighted by molar-refractivity contribution is 0.483. The highest BCUT2D eigenvalue weighted by atomic mass is 15.3. The quantitative estimate of drug-likeness (QED) is 0.769. The molecule has 1 aromatic rings. The van der Waals surface area contributed by atoms with Crippen molar-refractivity contribution in [1.29, 1.82) is 0 Å². The van der Waals surface area contributed by atoms with Crippen molar-refractivity contribution in [2.45, 2.75) is 44.7 Å². The number of aromatic nitrogens is 2. The summed E-state index contributed by atoms with van der Waals surface area (Å²) in [6.07, 6.45) is 8.27. The van der Waals surface area contributed by atoms with Gasteiger partial charge in [-0.15, -0.1) is 0 Å². The van der Waals surface area contributed by atoms with Crippen LogP contribution in [0.5, 0.6) is 0 Å². The molecule has 0 radical (unpaired) electrons. The fourth-order valence-corrected chi connectivity index (χ4v) is 3.36. The molecule has 1 fully saturated rings. The van der Waals surface area contributed by atoms with E-state index in [1.54, 1.807) is 0 Å². The molecule has 1 aliphatic heterocycles. The Morgan fingerprint density at radius 1 is 1.42 bits per heavy atom. The van der Waals surface area contributed by atoms with Crippen LogP contribution in [0.25, 0.3) is 0 Å². The lowest BCUT2D eigenvalue weighted by atomic mass is 9.89. The molecule has 0 bridgehead atoms. The van der Waals surface area contributed by atoms with Crippen molar-refractivity contribution >= 4 is 5.82 Å². The first kappa shape index (κ1) is 16.9. The molecule has 0 spiro atoms. The van der Waals surface area contributed by atoms with Crippen molar-refractivity contribution in [2.24, 2.45) is 11.5 Å². The molecule has 1 aliphatic carbocycles. The second kappa shape index (κ2) is 6.91. The van der Waals surface area contributed by atoms with Gasteiger partial charge >= 0.3 is 0 Å². The van der Waals surface area contributed by atoms with E-state index in [2.05, 4.69) is 30.1 Å². The largest absolute Gasteiger partial charge is 0.402 e. The summed E-state index contributed by atoms with van der Waals surface area (Å²) in [5, 5.41) is 3.42. The topological polar surface area (TPSA) is 93.1 Å². The summed E-state index contributed by atoms with van der Waals surface area (Å²) in [6.45, 7) is 7.25. The Morgan fingerprint density at radius 3 is 2.96 bits per heavy atom. The van der Waals surface area contributed by atoms with E-state index in [9.17, 15) is 0 Å². The summed E-state index contributed by atoms with van der Waals surface area (Å²) in [4.78, 5) is 12.0. The van der Waals surface area contributed by atoms with Gasteiger partial charge in [-0.05, 0) is 19.4 Å². The van der Waals surface area contributed by atoms with Gasteiger partial charge in [-0.2, -0.15) is 0 Å². The van der Waals surface area contributed by atoms with Gasteiger partial charge in [0.2, 0.25) is 0 Å². The summed E-state index contributed by atoms with van der Waals surface area (Å²) in [5.41, 5.74) is 13.7. The number of allylic oxidation sites excluding steroid dienone is 2. The summed E-state index contributed by atoms with van der Waals surface area (Å²) < 4.78 is 0. The zero-order valence-electron chi connectivity index (χ0n) is 14.6. The van der Waals surface area contributed by atoms with Crippen molar-refractivity contribution < 1.29 is 0 Å². The van der Waals surface area contributed by atoms with Gasteiger partial charge in [-0.1, -0.05) is 25.5 Å². The van der Waals surface area contributed by atoms with Crippen molar-refractivity contribution in [1.82, 2.24) is 15.3 Å². The van der Waals surface area contributed by atoms with E-state index in [-0.39, 0.29) is 0 Å². The molecule has 0 saturated carbocycles. The van der Waals surface area contributed by atoms with Gasteiger partial charge in [0.25, 0.3) is 0 Å². The van der Waals surface area contributed by atoms with Gasteiger partial charge < -0.3 is 21.7 Å². The van der Waals surface area contributed by atoms with Crippen molar-refractivity contribution in [3.05, 3.63) is 41.5 Å². The first-order valence-corrected chi connectivity index (χ1v) is 8.80. The Balaban J connectivity index is 2.00. The predicted molar refractivity (Wildman–Crippen MR) is 97.6 cm³/mol. The Bertz CT molecular complexity index is 653. The molecule has 3 rings (SSSR count). The van der Waals surface area contributed by atoms with Crippen LogP contribution in [-0.2, 0) is 12.0 Å². The molecule has 2 atom stereocenters. The van der Waals surface area contributed by atoms with Gasteiger partial charge in [-0.3, -0.25) is 0 Å². The molecule has 0 amide bonds. The average molecular weight is 328 g/mol. The van der Waals surface area contributed by atoms with Crippen LogP contribution in [0.2, 0.25) is 0 Å². The molecule has 1 aromatic heterocycles. The number of hydrogen-bond acceptors (Lipinski definition) is 6. The monoisotopic (exact) mass is 328 g/mol. The first-order valence-electron chi connectivity index (χ1n) is 8.80. The third-order valence-electron chi connectivity index (χ3n) is 4.68. The lowest BCUT2D eigenvalue weighted by Gasteiger charge is -2.36. The Labute approximate surface area is 144 Å². The standard InChI is InChI=1S/C18H28N6/c1-3-5-15-10-16(24-9-8-21-12-13(24)2)23-17(22-15)18(20)7-4-6-14(19)11-18/h4,6-7,10,13,21H,3,5,8-9,11-12,19-20H2,1-2H3. The number of anilines is 1. The number of hydrogen-bond donors (Lipinski definition) is 3. The van der Waals surface area contributed by atoms with Gasteiger partial charge in [0, 0.05) is 49.6 Å². The van der Waals surface area contributed by atoms with E-state index in [0.29, 0.717) is 18.3 Å². The van der Waals surface area contributed by atoms with Gasteiger partial charge in [-0.25, -0.2) is 9.97 Å². The molecule has 24 heavy (non-hydrogen) atoms. The zero-order valence-corrected chi connectivity index (χ0v) is 14.6. The van der Waals surface area contributed by atoms with E-state index in [1.807, 2.05) is 18.2 Å². The second-order valence-electron chi connectivity index (χ2n) is 6.86. The number of rotatable bonds is 4. The zero-order chi connectivity index (χ0) is 17.2. The fraction of sp³-hybridized carbons (Fsp3) is 0.556. The first-order chi connectivity index (χ1) is 11.5. The summed E-state index contributed by atoms with van der Waals surface area (Å²) in [7, 11) is 0. The molecule has 2 aliphatic rings. The molecule has 0 aromatic carbocycles. The number of aryl methyl sites for hydroxylation is 1. The maximum absolute atomic E-state index is 6.61. The minimum Gasteiger partial charge on any atom is -0.402 e. The molecule has 1 saturated heterocycles. The predicted octanol–water partition coefficient (Wildman–Crippen LogP) is 1.18. The molecule has 6 heteroatoms. The summed E-state index contributed by atoms with van der Waals surface area (Å²) >= 11 is 0. The normalized spacial score (nSPS) is 27.2. The maximum atomic E-state index is 6.61. The highest BCUT2D eigenvalue weighted by Crippen LogP contribution is 2.29. The molecule has 2 heterocycles. The highest BCUT2D eigenvalue weighted by Gasteiger charge is 2.32. The van der Waals surface area contributed by atoms with Crippen LogP contribution in [0, 0.1) is 0 Å². The Morgan fingerprint density at radius 2 is 2.25 bits per heavy atom. The third-order valence-corrected chi connectivity index (χ3v) is 4.68. The highest BCUT2D eigenvalue weighted by molar-refractivity contribution is 5.44. The van der Waals surface area contributed by atoms with Crippen LogP contribution < -0.4 is 21.7 Å². The van der Waals surface area contributed by atoms with Gasteiger partial charge in [0.15, 0.2) is 5.82 Å². The van der Waals surface area contributed by atoms with E-state index in [4.69, 9.17) is 21.4 Å². The molecule has 5 N–H and O–H groups in total. The number of nitrogens with one attached hydrogen (secondary N) is 1. The van der Waals surface area contributed by atoms with Crippen LogP contribution in [0.1, 0.15) is 38.2 Å². The van der Waals surface area contributed by atoms with Crippen LogP contribution in [0.4, 0.5) is 5.82 Å². The van der Waals surface area contributed by atoms with Gasteiger partial charge in [0.1, 0.15) is 11.4 Å². The van der Waals surface area contributed by atoms with Crippen molar-refractivity contribution in [3.8, 4) is 0 Å². The van der Waals surface area contributed by atoms with Crippen LogP contribution in [0.3, 0.4) is 0 Å². The lowest BCUT2D eigenvalue weighted by Crippen LogP contribution is -2.50. The number of nitrogens with zero attached hydrogens (tertiary/aromatic N) is 3. The van der Waals surface area contributed by atoms with Crippen molar-refractivity contribution in [2.75, 3.05) is 24.5 Å². The summed E-state index contributed by atoms with van der Waals surface area (Å²) in [6, 6.07) is 2.51. The SMILES string of the molecule is CCCc1cc(N2CCNCC2C)nc(C2(N)C=CC=C(N)C2)n1.